The SMILES string of the molecule is CC(C)CCCNC(=O)c1cc(S(N)(=O)=O)cn1C. The number of nitrogens with zero attached hydrogens (tertiary/aromatic N) is 1. The molecule has 0 fully saturated rings. The van der Waals surface area contributed by atoms with E-state index < -0.39 is 10.0 Å². The standard InChI is InChI=1S/C12H21N3O3S/c1-9(2)5-4-6-14-12(16)11-7-10(8-15(11)3)19(13,17)18/h7-9H,4-6H2,1-3H3,(H,14,16)(H2,13,17,18). The van der Waals surface area contributed by atoms with Gasteiger partial charge in [-0.25, -0.2) is 13.6 Å². The molecule has 19 heavy (non-hydrogen) atoms. The van der Waals surface area contributed by atoms with Gasteiger partial charge in [-0.2, -0.15) is 0 Å². The lowest BCUT2D eigenvalue weighted by atomic mass is 10.1. The van der Waals surface area contributed by atoms with E-state index in [-0.39, 0.29) is 16.5 Å². The van der Waals surface area contributed by atoms with Crippen molar-refractivity contribution in [2.45, 2.75) is 31.6 Å². The van der Waals surface area contributed by atoms with Crippen LogP contribution in [0.15, 0.2) is 17.2 Å². The van der Waals surface area contributed by atoms with Gasteiger partial charge in [0.05, 0.1) is 0 Å². The van der Waals surface area contributed by atoms with Crippen molar-refractivity contribution in [3.05, 3.63) is 18.0 Å². The summed E-state index contributed by atoms with van der Waals surface area (Å²) in [6, 6.07) is 1.28. The number of sulfonamides is 1. The fourth-order valence-electron chi connectivity index (χ4n) is 1.72. The number of nitrogens with one attached hydrogen (secondary N) is 1. The van der Waals surface area contributed by atoms with E-state index >= 15 is 0 Å². The largest absolute Gasteiger partial charge is 0.351 e. The first kappa shape index (κ1) is 15.7. The molecular weight excluding hydrogens is 266 g/mol. The van der Waals surface area contributed by atoms with Crippen LogP contribution in [0.3, 0.4) is 0 Å². The molecule has 0 aromatic carbocycles. The van der Waals surface area contributed by atoms with E-state index in [1.807, 2.05) is 0 Å². The fourth-order valence-corrected chi connectivity index (χ4v) is 2.30. The minimum Gasteiger partial charge on any atom is -0.351 e. The van der Waals surface area contributed by atoms with Gasteiger partial charge < -0.3 is 9.88 Å². The first-order chi connectivity index (χ1) is 8.71. The van der Waals surface area contributed by atoms with Crippen LogP contribution in [0.25, 0.3) is 0 Å². The molecule has 7 heteroatoms. The number of rotatable bonds is 6. The van der Waals surface area contributed by atoms with Crippen LogP contribution in [0.2, 0.25) is 0 Å². The molecule has 1 aromatic heterocycles. The monoisotopic (exact) mass is 287 g/mol. The topological polar surface area (TPSA) is 94.2 Å². The maximum absolute atomic E-state index is 11.9. The molecular formula is C12H21N3O3S. The highest BCUT2D eigenvalue weighted by Crippen LogP contribution is 2.11. The van der Waals surface area contributed by atoms with Crippen LogP contribution in [0.1, 0.15) is 37.2 Å². The van der Waals surface area contributed by atoms with Crippen molar-refractivity contribution < 1.29 is 13.2 Å². The normalized spacial score (nSPS) is 11.8. The van der Waals surface area contributed by atoms with Gasteiger partial charge in [0.15, 0.2) is 0 Å². The number of hydrogen-bond acceptors (Lipinski definition) is 3. The Kier molecular flexibility index (Phi) is 5.13. The first-order valence-corrected chi connectivity index (χ1v) is 7.74. The summed E-state index contributed by atoms with van der Waals surface area (Å²) in [6.45, 7) is 4.82. The van der Waals surface area contributed by atoms with Crippen molar-refractivity contribution in [1.29, 1.82) is 0 Å². The predicted molar refractivity (Wildman–Crippen MR) is 73.2 cm³/mol. The Bertz CT molecular complexity index is 547. The van der Waals surface area contributed by atoms with Crippen LogP contribution < -0.4 is 10.5 Å². The molecule has 0 atom stereocenters. The minimum absolute atomic E-state index is 0.0534. The zero-order valence-corrected chi connectivity index (χ0v) is 12.3. The third-order valence-electron chi connectivity index (χ3n) is 2.78. The highest BCUT2D eigenvalue weighted by Gasteiger charge is 2.16. The van der Waals surface area contributed by atoms with Crippen molar-refractivity contribution in [3.8, 4) is 0 Å². The summed E-state index contributed by atoms with van der Waals surface area (Å²) in [5.74, 6) is 0.307. The van der Waals surface area contributed by atoms with Crippen LogP contribution in [0, 0.1) is 5.92 Å². The van der Waals surface area contributed by atoms with E-state index in [0.29, 0.717) is 12.5 Å². The average molecular weight is 287 g/mol. The van der Waals surface area contributed by atoms with Gasteiger partial charge in [-0.1, -0.05) is 13.8 Å². The molecule has 0 aliphatic rings. The summed E-state index contributed by atoms with van der Waals surface area (Å²) in [6.07, 6.45) is 3.27. The van der Waals surface area contributed by atoms with Gasteiger partial charge in [-0.3, -0.25) is 4.79 Å². The lowest BCUT2D eigenvalue weighted by Crippen LogP contribution is -2.26. The number of carbonyl (C=O) groups is 1. The maximum atomic E-state index is 11.9. The third-order valence-corrected chi connectivity index (χ3v) is 3.67. The van der Waals surface area contributed by atoms with Crippen molar-refractivity contribution in [2.75, 3.05) is 6.54 Å². The van der Waals surface area contributed by atoms with E-state index in [1.54, 1.807) is 7.05 Å². The molecule has 0 spiro atoms. The summed E-state index contributed by atoms with van der Waals surface area (Å²) in [5, 5.41) is 7.79. The highest BCUT2D eigenvalue weighted by molar-refractivity contribution is 7.89. The van der Waals surface area contributed by atoms with Crippen LogP contribution >= 0.6 is 0 Å². The summed E-state index contributed by atoms with van der Waals surface area (Å²) < 4.78 is 23.8. The molecule has 1 heterocycles. The van der Waals surface area contributed by atoms with Gasteiger partial charge in [0.25, 0.3) is 5.91 Å². The molecule has 0 saturated heterocycles. The Hall–Kier alpha value is -1.34. The van der Waals surface area contributed by atoms with E-state index in [2.05, 4.69) is 19.2 Å². The highest BCUT2D eigenvalue weighted by atomic mass is 32.2. The number of hydrogen-bond donors (Lipinski definition) is 2. The number of primary sulfonamides is 1. The average Bonchev–Trinajstić information content (AvgIpc) is 2.66. The molecule has 0 aliphatic heterocycles. The van der Waals surface area contributed by atoms with Crippen LogP contribution in [-0.2, 0) is 17.1 Å². The van der Waals surface area contributed by atoms with E-state index in [4.69, 9.17) is 5.14 Å². The Balaban J connectivity index is 2.65. The fraction of sp³-hybridized carbons (Fsp3) is 0.583. The number of aromatic nitrogens is 1. The Labute approximate surface area is 114 Å². The summed E-state index contributed by atoms with van der Waals surface area (Å²) in [4.78, 5) is 11.8. The molecule has 1 aromatic rings. The molecule has 0 bridgehead atoms. The second kappa shape index (κ2) is 6.21. The number of carbonyl (C=O) groups excluding carboxylic acids is 1. The summed E-state index contributed by atoms with van der Waals surface area (Å²) in [7, 11) is -2.17. The van der Waals surface area contributed by atoms with Gasteiger partial charge >= 0.3 is 0 Å². The van der Waals surface area contributed by atoms with Gasteiger partial charge in [-0.05, 0) is 24.8 Å². The zero-order valence-electron chi connectivity index (χ0n) is 11.5. The third kappa shape index (κ3) is 4.68. The number of aryl methyl sites for hydroxylation is 1. The van der Waals surface area contributed by atoms with Gasteiger partial charge in [0.2, 0.25) is 10.0 Å². The molecule has 0 aliphatic carbocycles. The van der Waals surface area contributed by atoms with Crippen LogP contribution in [0.4, 0.5) is 0 Å². The predicted octanol–water partition coefficient (Wildman–Crippen LogP) is 0.839. The Morgan fingerprint density at radius 1 is 1.47 bits per heavy atom. The summed E-state index contributed by atoms with van der Waals surface area (Å²) in [5.41, 5.74) is 0.286. The Morgan fingerprint density at radius 3 is 2.58 bits per heavy atom. The van der Waals surface area contributed by atoms with Gasteiger partial charge in [0, 0.05) is 19.8 Å². The molecule has 0 saturated carbocycles. The molecule has 108 valence electrons. The van der Waals surface area contributed by atoms with Crippen molar-refractivity contribution in [2.24, 2.45) is 18.1 Å². The molecule has 6 nitrogen and oxygen atoms in total. The second-order valence-electron chi connectivity index (χ2n) is 5.01. The van der Waals surface area contributed by atoms with Gasteiger partial charge in [0.1, 0.15) is 10.6 Å². The second-order valence-corrected chi connectivity index (χ2v) is 6.57. The van der Waals surface area contributed by atoms with E-state index in [0.717, 1.165) is 12.8 Å². The van der Waals surface area contributed by atoms with Crippen molar-refractivity contribution >= 4 is 15.9 Å². The number of nitrogens with two attached hydrogens (primary N) is 1. The van der Waals surface area contributed by atoms with E-state index in [9.17, 15) is 13.2 Å². The van der Waals surface area contributed by atoms with Crippen molar-refractivity contribution in [1.82, 2.24) is 9.88 Å². The molecule has 3 N–H and O–H groups in total. The minimum atomic E-state index is -3.78. The number of amides is 1. The van der Waals surface area contributed by atoms with Gasteiger partial charge in [-0.15, -0.1) is 0 Å². The quantitative estimate of drug-likeness (QED) is 0.759. The smallest absolute Gasteiger partial charge is 0.267 e. The van der Waals surface area contributed by atoms with Crippen LogP contribution in [0.5, 0.6) is 0 Å². The molecule has 0 unspecified atom stereocenters. The molecule has 1 amide bonds. The Morgan fingerprint density at radius 2 is 2.11 bits per heavy atom. The van der Waals surface area contributed by atoms with Crippen LogP contribution in [-0.4, -0.2) is 25.4 Å². The first-order valence-electron chi connectivity index (χ1n) is 6.19. The summed E-state index contributed by atoms with van der Waals surface area (Å²) >= 11 is 0. The van der Waals surface area contributed by atoms with E-state index in [1.165, 1.54) is 16.8 Å². The molecule has 1 rings (SSSR count). The van der Waals surface area contributed by atoms with Crippen molar-refractivity contribution in [3.63, 3.8) is 0 Å². The lowest BCUT2D eigenvalue weighted by Gasteiger charge is -2.07. The lowest BCUT2D eigenvalue weighted by molar-refractivity contribution is 0.0944. The zero-order chi connectivity index (χ0) is 14.6. The maximum Gasteiger partial charge on any atom is 0.267 e. The molecule has 0 radical (unpaired) electrons.